The number of benzene rings is 1. The van der Waals surface area contributed by atoms with Crippen molar-refractivity contribution in [3.63, 3.8) is 0 Å². The van der Waals surface area contributed by atoms with Gasteiger partial charge >= 0.3 is 0 Å². The molecule has 0 spiro atoms. The Morgan fingerprint density at radius 3 is 2.94 bits per heavy atom. The van der Waals surface area contributed by atoms with Crippen molar-refractivity contribution in [3.8, 4) is 0 Å². The fourth-order valence-electron chi connectivity index (χ4n) is 1.17. The lowest BCUT2D eigenvalue weighted by Crippen LogP contribution is -1.89. The Labute approximate surface area is 107 Å². The van der Waals surface area contributed by atoms with Gasteiger partial charge in [0.1, 0.15) is 10.0 Å². The van der Waals surface area contributed by atoms with Crippen molar-refractivity contribution in [2.24, 2.45) is 0 Å². The predicted molar refractivity (Wildman–Crippen MR) is 70.1 cm³/mol. The lowest BCUT2D eigenvalue weighted by molar-refractivity contribution is 1.07. The summed E-state index contributed by atoms with van der Waals surface area (Å²) < 4.78 is 4.46. The first-order chi connectivity index (χ1) is 7.66. The van der Waals surface area contributed by atoms with Crippen molar-refractivity contribution in [2.45, 2.75) is 17.6 Å². The highest BCUT2D eigenvalue weighted by atomic mass is 35.5. The summed E-state index contributed by atoms with van der Waals surface area (Å²) in [6.45, 7) is 2.00. The summed E-state index contributed by atoms with van der Waals surface area (Å²) in [7, 11) is 0. The van der Waals surface area contributed by atoms with Gasteiger partial charge in [0, 0.05) is 27.9 Å². The summed E-state index contributed by atoms with van der Waals surface area (Å²) in [4.78, 5) is 1.16. The van der Waals surface area contributed by atoms with Gasteiger partial charge in [0.25, 0.3) is 0 Å². The molecule has 0 aliphatic rings. The van der Waals surface area contributed by atoms with E-state index in [4.69, 9.17) is 17.3 Å². The van der Waals surface area contributed by atoms with E-state index in [0.717, 1.165) is 27.6 Å². The molecule has 0 radical (unpaired) electrons. The number of anilines is 1. The van der Waals surface area contributed by atoms with E-state index in [9.17, 15) is 0 Å². The molecule has 6 heteroatoms. The molecule has 1 aromatic carbocycles. The number of halogens is 1. The van der Waals surface area contributed by atoms with Crippen molar-refractivity contribution < 1.29 is 0 Å². The van der Waals surface area contributed by atoms with Crippen LogP contribution in [-0.4, -0.2) is 9.59 Å². The second kappa shape index (κ2) is 5.03. The Kier molecular flexibility index (Phi) is 3.68. The number of nitrogens with zero attached hydrogens (tertiary/aromatic N) is 2. The maximum atomic E-state index is 5.92. The summed E-state index contributed by atoms with van der Waals surface area (Å²) >= 11 is 8.82. The zero-order valence-corrected chi connectivity index (χ0v) is 11.0. The number of hydrogen-bond acceptors (Lipinski definition) is 5. The second-order valence-corrected chi connectivity index (χ2v) is 5.71. The minimum atomic E-state index is 0.666. The van der Waals surface area contributed by atoms with E-state index in [2.05, 4.69) is 15.7 Å². The van der Waals surface area contributed by atoms with E-state index in [-0.39, 0.29) is 0 Å². The molecule has 0 unspecified atom stereocenters. The Morgan fingerprint density at radius 1 is 1.50 bits per heavy atom. The third-order valence-corrected chi connectivity index (χ3v) is 4.12. The van der Waals surface area contributed by atoms with E-state index < -0.39 is 0 Å². The summed E-state index contributed by atoms with van der Waals surface area (Å²) in [6.07, 6.45) is 0. The molecular formula is C10H10ClN3S2. The predicted octanol–water partition coefficient (Wildman–Crippen LogP) is 3.37. The fraction of sp³-hybridized carbons (Fsp3) is 0.200. The van der Waals surface area contributed by atoms with Crippen LogP contribution >= 0.6 is 34.9 Å². The van der Waals surface area contributed by atoms with Crippen molar-refractivity contribution >= 4 is 40.6 Å². The van der Waals surface area contributed by atoms with Crippen LogP contribution in [0.2, 0.25) is 4.34 Å². The van der Waals surface area contributed by atoms with Gasteiger partial charge in [0.2, 0.25) is 0 Å². The fourth-order valence-corrected chi connectivity index (χ4v) is 2.90. The zero-order chi connectivity index (χ0) is 11.5. The van der Waals surface area contributed by atoms with E-state index in [1.54, 1.807) is 11.8 Å². The third-order valence-electron chi connectivity index (χ3n) is 2.13. The Hall–Kier alpha value is -0.780. The van der Waals surface area contributed by atoms with Crippen LogP contribution in [-0.2, 0) is 5.75 Å². The van der Waals surface area contributed by atoms with E-state index in [0.29, 0.717) is 4.34 Å². The molecular weight excluding hydrogens is 262 g/mol. The van der Waals surface area contributed by atoms with Crippen LogP contribution < -0.4 is 5.73 Å². The molecule has 0 fully saturated rings. The van der Waals surface area contributed by atoms with Crippen LogP contribution in [0.3, 0.4) is 0 Å². The number of nitrogens with two attached hydrogens (primary N) is 1. The quantitative estimate of drug-likeness (QED) is 0.687. The minimum Gasteiger partial charge on any atom is -0.399 e. The number of thioether (sulfide) groups is 1. The highest BCUT2D eigenvalue weighted by molar-refractivity contribution is 7.98. The average Bonchev–Trinajstić information content (AvgIpc) is 2.66. The topological polar surface area (TPSA) is 51.8 Å². The van der Waals surface area contributed by atoms with Gasteiger partial charge in [0.15, 0.2) is 0 Å². The van der Waals surface area contributed by atoms with Crippen LogP contribution in [0.4, 0.5) is 5.69 Å². The van der Waals surface area contributed by atoms with Crippen molar-refractivity contribution in [1.29, 1.82) is 0 Å². The Morgan fingerprint density at radius 2 is 2.31 bits per heavy atom. The molecule has 2 rings (SSSR count). The molecule has 0 bridgehead atoms. The normalized spacial score (nSPS) is 10.6. The molecule has 1 aromatic heterocycles. The highest BCUT2D eigenvalue weighted by Crippen LogP contribution is 2.28. The summed E-state index contributed by atoms with van der Waals surface area (Å²) in [6, 6.07) is 5.98. The third kappa shape index (κ3) is 2.66. The van der Waals surface area contributed by atoms with Gasteiger partial charge in [-0.3, -0.25) is 0 Å². The van der Waals surface area contributed by atoms with Gasteiger partial charge in [-0.15, -0.1) is 16.9 Å². The molecule has 2 aromatic rings. The summed E-state index contributed by atoms with van der Waals surface area (Å²) in [5.74, 6) is 0.735. The molecule has 0 amide bonds. The number of aryl methyl sites for hydroxylation is 1. The molecule has 0 saturated carbocycles. The van der Waals surface area contributed by atoms with Gasteiger partial charge in [-0.1, -0.05) is 16.1 Å². The number of nitrogen functional groups attached to an aromatic ring is 1. The van der Waals surface area contributed by atoms with Gasteiger partial charge in [-0.25, -0.2) is 0 Å². The summed E-state index contributed by atoms with van der Waals surface area (Å²) in [5.41, 5.74) is 8.50. The van der Waals surface area contributed by atoms with Crippen LogP contribution in [0.15, 0.2) is 23.1 Å². The lowest BCUT2D eigenvalue weighted by atomic mass is 10.2. The molecule has 1 heterocycles. The first-order valence-corrected chi connectivity index (χ1v) is 6.76. The molecule has 16 heavy (non-hydrogen) atoms. The van der Waals surface area contributed by atoms with Gasteiger partial charge in [0.05, 0.1) is 0 Å². The van der Waals surface area contributed by atoms with Crippen molar-refractivity contribution in [3.05, 3.63) is 33.8 Å². The average molecular weight is 272 g/mol. The van der Waals surface area contributed by atoms with Crippen LogP contribution in [0.1, 0.15) is 11.3 Å². The number of aromatic nitrogens is 2. The molecule has 3 nitrogen and oxygen atoms in total. The minimum absolute atomic E-state index is 0.666. The van der Waals surface area contributed by atoms with Gasteiger partial charge < -0.3 is 5.73 Å². The Balaban J connectivity index is 2.05. The molecule has 0 aliphatic heterocycles. The molecule has 2 N–H and O–H groups in total. The highest BCUT2D eigenvalue weighted by Gasteiger charge is 2.06. The largest absolute Gasteiger partial charge is 0.399 e. The Bertz CT molecular complexity index is 499. The summed E-state index contributed by atoms with van der Waals surface area (Å²) in [5, 5.41) is 3.96. The van der Waals surface area contributed by atoms with Crippen molar-refractivity contribution in [2.75, 3.05) is 5.73 Å². The van der Waals surface area contributed by atoms with E-state index in [1.807, 2.05) is 19.1 Å². The molecule has 0 atom stereocenters. The SMILES string of the molecule is Cc1cc(SCc2nnsc2Cl)ccc1N. The monoisotopic (exact) mass is 271 g/mol. The number of hydrogen-bond donors (Lipinski definition) is 1. The smallest absolute Gasteiger partial charge is 0.138 e. The first-order valence-electron chi connectivity index (χ1n) is 4.62. The van der Waals surface area contributed by atoms with Gasteiger partial charge in [-0.05, 0) is 30.7 Å². The lowest BCUT2D eigenvalue weighted by Gasteiger charge is -2.03. The van der Waals surface area contributed by atoms with Gasteiger partial charge in [-0.2, -0.15) is 0 Å². The zero-order valence-electron chi connectivity index (χ0n) is 8.61. The molecule has 84 valence electrons. The van der Waals surface area contributed by atoms with Crippen LogP contribution in [0.5, 0.6) is 0 Å². The maximum absolute atomic E-state index is 5.92. The molecule has 0 saturated heterocycles. The first kappa shape index (κ1) is 11.7. The second-order valence-electron chi connectivity index (χ2n) is 3.30. The number of rotatable bonds is 3. The van der Waals surface area contributed by atoms with E-state index in [1.165, 1.54) is 11.5 Å². The van der Waals surface area contributed by atoms with Crippen LogP contribution in [0.25, 0.3) is 0 Å². The maximum Gasteiger partial charge on any atom is 0.138 e. The molecule has 0 aliphatic carbocycles. The standard InChI is InChI=1S/C10H10ClN3S2/c1-6-4-7(2-3-8(6)12)15-5-9-10(11)16-14-13-9/h2-4H,5,12H2,1H3. The van der Waals surface area contributed by atoms with Crippen molar-refractivity contribution in [1.82, 2.24) is 9.59 Å². The van der Waals surface area contributed by atoms with E-state index >= 15 is 0 Å². The van der Waals surface area contributed by atoms with Crippen LogP contribution in [0, 0.1) is 6.92 Å².